The standard InChI is InChI=1S/C9H12ClN3O/c1-13-6(4-12-8(13)10)7(14)9(5-11)2-3-9/h4H,2-3,5,11H2,1H3. The van der Waals surface area contributed by atoms with Crippen LogP contribution in [0.2, 0.25) is 5.28 Å². The van der Waals surface area contributed by atoms with Gasteiger partial charge in [0, 0.05) is 19.0 Å². The number of imidazole rings is 1. The second kappa shape index (κ2) is 3.07. The minimum absolute atomic E-state index is 0.0712. The normalized spacial score (nSPS) is 18.2. The van der Waals surface area contributed by atoms with E-state index in [0.29, 0.717) is 17.5 Å². The average molecular weight is 214 g/mol. The van der Waals surface area contributed by atoms with Crippen LogP contribution < -0.4 is 5.73 Å². The van der Waals surface area contributed by atoms with Crippen molar-refractivity contribution in [3.05, 3.63) is 17.2 Å². The van der Waals surface area contributed by atoms with Gasteiger partial charge in [0.15, 0.2) is 5.78 Å². The fourth-order valence-electron chi connectivity index (χ4n) is 1.54. The van der Waals surface area contributed by atoms with Gasteiger partial charge in [-0.25, -0.2) is 4.98 Å². The topological polar surface area (TPSA) is 60.9 Å². The maximum Gasteiger partial charge on any atom is 0.202 e. The molecule has 14 heavy (non-hydrogen) atoms. The number of aromatic nitrogens is 2. The molecule has 1 aliphatic rings. The van der Waals surface area contributed by atoms with Crippen molar-refractivity contribution in [2.45, 2.75) is 12.8 Å². The molecule has 0 radical (unpaired) electrons. The van der Waals surface area contributed by atoms with Gasteiger partial charge in [0.25, 0.3) is 0 Å². The van der Waals surface area contributed by atoms with E-state index >= 15 is 0 Å². The monoisotopic (exact) mass is 213 g/mol. The molecular formula is C9H12ClN3O. The third-order valence-electron chi connectivity index (χ3n) is 2.89. The van der Waals surface area contributed by atoms with Crippen LogP contribution in [0.25, 0.3) is 0 Å². The number of rotatable bonds is 3. The molecule has 2 rings (SSSR count). The molecule has 1 heterocycles. The highest BCUT2D eigenvalue weighted by Gasteiger charge is 2.49. The summed E-state index contributed by atoms with van der Waals surface area (Å²) in [5, 5.41) is 0.334. The van der Waals surface area contributed by atoms with Gasteiger partial charge in [-0.05, 0) is 24.4 Å². The van der Waals surface area contributed by atoms with E-state index in [9.17, 15) is 4.79 Å². The SMILES string of the molecule is Cn1c(C(=O)C2(CN)CC2)cnc1Cl. The summed E-state index contributed by atoms with van der Waals surface area (Å²) in [4.78, 5) is 15.9. The Morgan fingerprint density at radius 3 is 2.79 bits per heavy atom. The zero-order valence-electron chi connectivity index (χ0n) is 7.96. The summed E-state index contributed by atoms with van der Waals surface area (Å²) in [5.74, 6) is 0.0712. The van der Waals surface area contributed by atoms with Crippen molar-refractivity contribution < 1.29 is 4.79 Å². The van der Waals surface area contributed by atoms with Crippen LogP contribution in [0.1, 0.15) is 23.3 Å². The number of Topliss-reactive ketones (excluding diaryl/α,β-unsaturated/α-hetero) is 1. The zero-order valence-corrected chi connectivity index (χ0v) is 8.71. The van der Waals surface area contributed by atoms with Gasteiger partial charge < -0.3 is 10.3 Å². The molecule has 0 saturated heterocycles. The summed E-state index contributed by atoms with van der Waals surface area (Å²) in [6, 6.07) is 0. The molecule has 4 nitrogen and oxygen atoms in total. The summed E-state index contributed by atoms with van der Waals surface area (Å²) in [6.45, 7) is 0.411. The smallest absolute Gasteiger partial charge is 0.202 e. The molecule has 0 amide bonds. The highest BCUT2D eigenvalue weighted by atomic mass is 35.5. The van der Waals surface area contributed by atoms with Crippen LogP contribution in [-0.4, -0.2) is 21.9 Å². The molecule has 0 unspecified atom stereocenters. The van der Waals surface area contributed by atoms with Crippen LogP contribution in [0.3, 0.4) is 0 Å². The Labute approximate surface area is 87.1 Å². The Hall–Kier alpha value is -0.870. The summed E-state index contributed by atoms with van der Waals surface area (Å²) >= 11 is 5.76. The molecule has 76 valence electrons. The van der Waals surface area contributed by atoms with Crippen molar-refractivity contribution in [2.75, 3.05) is 6.54 Å². The fraction of sp³-hybridized carbons (Fsp3) is 0.556. The fourth-order valence-corrected chi connectivity index (χ4v) is 1.68. The molecule has 0 spiro atoms. The molecule has 1 aliphatic carbocycles. The summed E-state index contributed by atoms with van der Waals surface area (Å²) < 4.78 is 1.60. The molecule has 0 aromatic carbocycles. The maximum absolute atomic E-state index is 12.0. The van der Waals surface area contributed by atoms with Crippen LogP contribution in [0.4, 0.5) is 0 Å². The van der Waals surface area contributed by atoms with Crippen LogP contribution >= 0.6 is 11.6 Å². The van der Waals surface area contributed by atoms with Crippen molar-refractivity contribution in [1.82, 2.24) is 9.55 Å². The third kappa shape index (κ3) is 1.26. The Morgan fingerprint density at radius 2 is 2.43 bits per heavy atom. The molecular weight excluding hydrogens is 202 g/mol. The second-order valence-corrected chi connectivity index (χ2v) is 4.12. The molecule has 2 N–H and O–H groups in total. The predicted molar refractivity (Wildman–Crippen MR) is 53.3 cm³/mol. The molecule has 0 aliphatic heterocycles. The molecule has 1 aromatic heterocycles. The van der Waals surface area contributed by atoms with E-state index in [2.05, 4.69) is 4.98 Å². The predicted octanol–water partition coefficient (Wildman–Crippen LogP) is 0.995. The van der Waals surface area contributed by atoms with E-state index in [1.165, 1.54) is 6.20 Å². The lowest BCUT2D eigenvalue weighted by Crippen LogP contribution is -2.26. The molecule has 1 fully saturated rings. The first-order valence-corrected chi connectivity index (χ1v) is 4.90. The van der Waals surface area contributed by atoms with Crippen LogP contribution in [0.5, 0.6) is 0 Å². The molecule has 5 heteroatoms. The quantitative estimate of drug-likeness (QED) is 0.762. The molecule has 1 aromatic rings. The zero-order chi connectivity index (χ0) is 10.3. The number of halogens is 1. The first-order valence-electron chi connectivity index (χ1n) is 4.53. The van der Waals surface area contributed by atoms with Crippen molar-refractivity contribution in [3.63, 3.8) is 0 Å². The Balaban J connectivity index is 2.32. The molecule has 0 bridgehead atoms. The van der Waals surface area contributed by atoms with Gasteiger partial charge in [0.2, 0.25) is 5.28 Å². The third-order valence-corrected chi connectivity index (χ3v) is 3.24. The number of carbonyl (C=O) groups is 1. The lowest BCUT2D eigenvalue weighted by molar-refractivity contribution is 0.0897. The van der Waals surface area contributed by atoms with Crippen LogP contribution in [0.15, 0.2) is 6.20 Å². The van der Waals surface area contributed by atoms with Gasteiger partial charge in [0.1, 0.15) is 5.69 Å². The van der Waals surface area contributed by atoms with Gasteiger partial charge >= 0.3 is 0 Å². The lowest BCUT2D eigenvalue weighted by atomic mass is 9.99. The van der Waals surface area contributed by atoms with E-state index in [4.69, 9.17) is 17.3 Å². The van der Waals surface area contributed by atoms with E-state index in [1.807, 2.05) is 0 Å². The number of ketones is 1. The number of carbonyl (C=O) groups excluding carboxylic acids is 1. The number of hydrogen-bond acceptors (Lipinski definition) is 3. The number of nitrogens with two attached hydrogens (primary N) is 1. The van der Waals surface area contributed by atoms with Crippen molar-refractivity contribution >= 4 is 17.4 Å². The summed E-state index contributed by atoms with van der Waals surface area (Å²) in [7, 11) is 1.73. The van der Waals surface area contributed by atoms with Gasteiger partial charge in [0.05, 0.1) is 6.20 Å². The Bertz CT molecular complexity index is 381. The van der Waals surface area contributed by atoms with Gasteiger partial charge in [-0.3, -0.25) is 4.79 Å². The molecule has 1 saturated carbocycles. The van der Waals surface area contributed by atoms with E-state index < -0.39 is 0 Å². The van der Waals surface area contributed by atoms with Crippen molar-refractivity contribution in [2.24, 2.45) is 18.2 Å². The van der Waals surface area contributed by atoms with Gasteiger partial charge in [-0.15, -0.1) is 0 Å². The van der Waals surface area contributed by atoms with Crippen molar-refractivity contribution in [3.8, 4) is 0 Å². The summed E-state index contributed by atoms with van der Waals surface area (Å²) in [6.07, 6.45) is 3.27. The number of nitrogens with zero attached hydrogens (tertiary/aromatic N) is 2. The van der Waals surface area contributed by atoms with Crippen LogP contribution in [-0.2, 0) is 7.05 Å². The minimum atomic E-state index is -0.322. The van der Waals surface area contributed by atoms with Crippen LogP contribution in [0, 0.1) is 5.41 Å². The highest BCUT2D eigenvalue weighted by molar-refractivity contribution is 6.28. The average Bonchev–Trinajstić information content (AvgIpc) is 2.91. The lowest BCUT2D eigenvalue weighted by Gasteiger charge is -2.10. The summed E-state index contributed by atoms with van der Waals surface area (Å²) in [5.41, 5.74) is 5.81. The van der Waals surface area contributed by atoms with E-state index in [1.54, 1.807) is 11.6 Å². The highest BCUT2D eigenvalue weighted by Crippen LogP contribution is 2.47. The minimum Gasteiger partial charge on any atom is -0.329 e. The van der Waals surface area contributed by atoms with E-state index in [-0.39, 0.29) is 11.2 Å². The Morgan fingerprint density at radius 1 is 1.79 bits per heavy atom. The second-order valence-electron chi connectivity index (χ2n) is 3.79. The maximum atomic E-state index is 12.0. The first kappa shape index (κ1) is 9.68. The van der Waals surface area contributed by atoms with Gasteiger partial charge in [-0.1, -0.05) is 0 Å². The first-order chi connectivity index (χ1) is 6.60. The van der Waals surface area contributed by atoms with Gasteiger partial charge in [-0.2, -0.15) is 0 Å². The van der Waals surface area contributed by atoms with Crippen molar-refractivity contribution in [1.29, 1.82) is 0 Å². The largest absolute Gasteiger partial charge is 0.329 e. The number of hydrogen-bond donors (Lipinski definition) is 1. The van der Waals surface area contributed by atoms with E-state index in [0.717, 1.165) is 12.8 Å². The molecule has 0 atom stereocenters. The Kier molecular flexibility index (Phi) is 2.12.